The average Bonchev–Trinajstić information content (AvgIpc) is 2.79. The maximum absolute atomic E-state index is 8.36. The van der Waals surface area contributed by atoms with E-state index >= 15 is 0 Å². The van der Waals surface area contributed by atoms with E-state index in [9.17, 15) is 0 Å². The average molecular weight is 379 g/mol. The lowest BCUT2D eigenvalue weighted by atomic mass is 10.5. The lowest BCUT2D eigenvalue weighted by molar-refractivity contribution is -0.742. The van der Waals surface area contributed by atoms with Crippen LogP contribution in [0.3, 0.4) is 0 Å². The predicted molar refractivity (Wildman–Crippen MR) is 106 cm³/mol. The van der Waals surface area contributed by atoms with E-state index < -0.39 is 5.09 Å². The molecule has 0 aliphatic heterocycles. The molecular formula is C20H21N5O3. The SMILES string of the molecule is O=[N+]([O-])O.c1ccncc1.c1ccncc1.c1ccncc1.c1ccncc1. The van der Waals surface area contributed by atoms with Crippen LogP contribution in [0.5, 0.6) is 0 Å². The van der Waals surface area contributed by atoms with E-state index in [-0.39, 0.29) is 0 Å². The van der Waals surface area contributed by atoms with Crippen LogP contribution in [0, 0.1) is 10.1 Å². The Morgan fingerprint density at radius 3 is 0.643 bits per heavy atom. The Morgan fingerprint density at radius 2 is 0.607 bits per heavy atom. The van der Waals surface area contributed by atoms with Crippen LogP contribution >= 0.6 is 0 Å². The molecule has 4 aromatic rings. The molecule has 4 rings (SSSR count). The van der Waals surface area contributed by atoms with Crippen LogP contribution in [-0.2, 0) is 0 Å². The van der Waals surface area contributed by atoms with E-state index in [2.05, 4.69) is 19.9 Å². The van der Waals surface area contributed by atoms with Crippen molar-refractivity contribution in [2.24, 2.45) is 0 Å². The summed E-state index contributed by atoms with van der Waals surface area (Å²) in [5.74, 6) is 0. The summed E-state index contributed by atoms with van der Waals surface area (Å²) in [5, 5.41) is 13.6. The third-order valence-corrected chi connectivity index (χ3v) is 2.27. The molecule has 0 saturated heterocycles. The normalized spacial score (nSPS) is 7.71. The van der Waals surface area contributed by atoms with Gasteiger partial charge in [-0.25, -0.2) is 0 Å². The van der Waals surface area contributed by atoms with Crippen LogP contribution in [0.1, 0.15) is 0 Å². The molecule has 0 aliphatic rings. The van der Waals surface area contributed by atoms with Gasteiger partial charge in [0.15, 0.2) is 0 Å². The quantitative estimate of drug-likeness (QED) is 0.363. The molecule has 0 fully saturated rings. The highest BCUT2D eigenvalue weighted by molar-refractivity contribution is 4.89. The third-order valence-electron chi connectivity index (χ3n) is 2.27. The fourth-order valence-electron chi connectivity index (χ4n) is 1.25. The first-order chi connectivity index (χ1) is 13.7. The number of aromatic nitrogens is 4. The minimum Gasteiger partial charge on any atom is -0.328 e. The largest absolute Gasteiger partial charge is 0.328 e. The van der Waals surface area contributed by atoms with Gasteiger partial charge in [0.25, 0.3) is 5.09 Å². The zero-order chi connectivity index (χ0) is 20.5. The highest BCUT2D eigenvalue weighted by atomic mass is 16.9. The number of nitrogens with zero attached hydrogens (tertiary/aromatic N) is 5. The van der Waals surface area contributed by atoms with E-state index in [0.717, 1.165) is 0 Å². The summed E-state index contributed by atoms with van der Waals surface area (Å²) in [4.78, 5) is 23.5. The zero-order valence-electron chi connectivity index (χ0n) is 15.0. The van der Waals surface area contributed by atoms with Crippen LogP contribution < -0.4 is 0 Å². The maximum atomic E-state index is 8.36. The Bertz CT molecular complexity index is 527. The predicted octanol–water partition coefficient (Wildman–Crippen LogP) is 3.98. The van der Waals surface area contributed by atoms with Gasteiger partial charge in [0.05, 0.1) is 0 Å². The van der Waals surface area contributed by atoms with Crippen molar-refractivity contribution >= 4 is 0 Å². The Kier molecular flexibility index (Phi) is 17.7. The summed E-state index contributed by atoms with van der Waals surface area (Å²) < 4.78 is 0. The van der Waals surface area contributed by atoms with Crippen LogP contribution in [0.15, 0.2) is 122 Å². The molecule has 0 atom stereocenters. The molecule has 0 bridgehead atoms. The molecule has 0 aliphatic carbocycles. The standard InChI is InChI=1S/4C5H5N.HNO3/c4*1-2-4-6-5-3-1;2-1(3)4/h4*1-5H;(H,2,3,4). The first kappa shape index (κ1) is 23.8. The van der Waals surface area contributed by atoms with Gasteiger partial charge in [0.1, 0.15) is 0 Å². The maximum Gasteiger partial charge on any atom is 0.291 e. The summed E-state index contributed by atoms with van der Waals surface area (Å²) in [6.45, 7) is 0. The van der Waals surface area contributed by atoms with Crippen molar-refractivity contribution in [3.63, 3.8) is 0 Å². The third kappa shape index (κ3) is 24.1. The monoisotopic (exact) mass is 379 g/mol. The molecule has 0 unspecified atom stereocenters. The highest BCUT2D eigenvalue weighted by Gasteiger charge is 1.65. The Balaban J connectivity index is 0.000000328. The topological polar surface area (TPSA) is 115 Å². The van der Waals surface area contributed by atoms with Crippen molar-refractivity contribution in [1.82, 2.24) is 19.9 Å². The van der Waals surface area contributed by atoms with Gasteiger partial charge >= 0.3 is 0 Å². The second-order valence-corrected chi connectivity index (χ2v) is 4.34. The molecule has 4 heterocycles. The fourth-order valence-corrected chi connectivity index (χ4v) is 1.25. The lowest BCUT2D eigenvalue weighted by Gasteiger charge is -1.70. The molecular weight excluding hydrogens is 358 g/mol. The second-order valence-electron chi connectivity index (χ2n) is 4.34. The number of hydrogen-bond donors (Lipinski definition) is 1. The molecule has 0 spiro atoms. The van der Waals surface area contributed by atoms with Crippen LogP contribution in [0.25, 0.3) is 0 Å². The first-order valence-corrected chi connectivity index (χ1v) is 7.96. The molecule has 0 aromatic carbocycles. The molecule has 8 nitrogen and oxygen atoms in total. The summed E-state index contributed by atoms with van der Waals surface area (Å²) in [6.07, 6.45) is 14.0. The van der Waals surface area contributed by atoms with E-state index in [1.165, 1.54) is 0 Å². The van der Waals surface area contributed by atoms with E-state index in [1.54, 1.807) is 49.6 Å². The van der Waals surface area contributed by atoms with Gasteiger partial charge < -0.3 is 5.21 Å². The molecule has 4 aromatic heterocycles. The second kappa shape index (κ2) is 20.8. The van der Waals surface area contributed by atoms with Gasteiger partial charge in [-0.15, -0.1) is 10.1 Å². The fraction of sp³-hybridized carbons (Fsp3) is 0. The van der Waals surface area contributed by atoms with Crippen molar-refractivity contribution in [2.75, 3.05) is 0 Å². The molecule has 28 heavy (non-hydrogen) atoms. The van der Waals surface area contributed by atoms with Crippen molar-refractivity contribution in [3.8, 4) is 0 Å². The lowest BCUT2D eigenvalue weighted by Crippen LogP contribution is -1.81. The first-order valence-electron chi connectivity index (χ1n) is 7.96. The van der Waals surface area contributed by atoms with E-state index in [4.69, 9.17) is 15.3 Å². The van der Waals surface area contributed by atoms with E-state index in [1.807, 2.05) is 72.8 Å². The smallest absolute Gasteiger partial charge is 0.291 e. The molecule has 8 heteroatoms. The van der Waals surface area contributed by atoms with Crippen molar-refractivity contribution < 1.29 is 10.3 Å². The van der Waals surface area contributed by atoms with Gasteiger partial charge in [-0.3, -0.25) is 19.9 Å². The summed E-state index contributed by atoms with van der Waals surface area (Å²) in [6, 6.07) is 22.9. The Labute approximate surface area is 163 Å². The van der Waals surface area contributed by atoms with Gasteiger partial charge in [0.2, 0.25) is 0 Å². The van der Waals surface area contributed by atoms with Crippen molar-refractivity contribution in [1.29, 1.82) is 0 Å². The zero-order valence-corrected chi connectivity index (χ0v) is 15.0. The Hall–Kier alpha value is -4.20. The van der Waals surface area contributed by atoms with Crippen LogP contribution in [0.2, 0.25) is 0 Å². The summed E-state index contributed by atoms with van der Waals surface area (Å²) >= 11 is 0. The number of pyridine rings is 4. The van der Waals surface area contributed by atoms with Crippen LogP contribution in [0.4, 0.5) is 0 Å². The van der Waals surface area contributed by atoms with Crippen molar-refractivity contribution in [3.05, 3.63) is 132 Å². The molecule has 0 saturated carbocycles. The van der Waals surface area contributed by atoms with Gasteiger partial charge in [-0.1, -0.05) is 24.3 Å². The number of rotatable bonds is 0. The number of hydrogen-bond acceptors (Lipinski definition) is 6. The minimum absolute atomic E-state index is 1.50. The van der Waals surface area contributed by atoms with Crippen LogP contribution in [-0.4, -0.2) is 30.2 Å². The summed E-state index contributed by atoms with van der Waals surface area (Å²) in [7, 11) is 0. The highest BCUT2D eigenvalue weighted by Crippen LogP contribution is 1.75. The molecule has 0 amide bonds. The van der Waals surface area contributed by atoms with Gasteiger partial charge in [-0.2, -0.15) is 0 Å². The van der Waals surface area contributed by atoms with Gasteiger partial charge in [-0.05, 0) is 48.5 Å². The Morgan fingerprint density at radius 1 is 0.464 bits per heavy atom. The van der Waals surface area contributed by atoms with Crippen molar-refractivity contribution in [2.45, 2.75) is 0 Å². The molecule has 144 valence electrons. The minimum atomic E-state index is -1.50. The van der Waals surface area contributed by atoms with E-state index in [0.29, 0.717) is 0 Å². The summed E-state index contributed by atoms with van der Waals surface area (Å²) in [5.41, 5.74) is 0. The molecule has 1 N–H and O–H groups in total. The van der Waals surface area contributed by atoms with Gasteiger partial charge in [0, 0.05) is 49.6 Å². The molecule has 0 radical (unpaired) electrons.